The van der Waals surface area contributed by atoms with Crippen LogP contribution in [0.2, 0.25) is 0 Å². The number of rotatable bonds is 5. The lowest BCUT2D eigenvalue weighted by Gasteiger charge is -2.29. The maximum atomic E-state index is 5.23. The largest absolute Gasteiger partial charge is 0.497 e. The molecule has 2 unspecified atom stereocenters. The van der Waals surface area contributed by atoms with Crippen LogP contribution in [0.3, 0.4) is 0 Å². The highest BCUT2D eigenvalue weighted by atomic mass is 32.2. The Morgan fingerprint density at radius 1 is 1.10 bits per heavy atom. The van der Waals surface area contributed by atoms with E-state index in [0.717, 1.165) is 12.3 Å². The zero-order valence-corrected chi connectivity index (χ0v) is 13.5. The van der Waals surface area contributed by atoms with Crippen LogP contribution in [-0.2, 0) is 0 Å². The molecule has 1 N–H and O–H groups in total. The summed E-state index contributed by atoms with van der Waals surface area (Å²) in [6.45, 7) is 3.29. The standard InChI is InChI=1S/C17H27NOS/c1-3-18-16-8-6-4-5-7-9-17(16)20-15-12-10-14(19-2)11-13-15/h10-13,16-18H,3-9H2,1-2H3. The van der Waals surface area contributed by atoms with E-state index in [1.807, 2.05) is 11.8 Å². The number of thioether (sulfide) groups is 1. The van der Waals surface area contributed by atoms with Gasteiger partial charge in [0.15, 0.2) is 0 Å². The van der Waals surface area contributed by atoms with Crippen LogP contribution in [0.25, 0.3) is 0 Å². The molecule has 0 heterocycles. The lowest BCUT2D eigenvalue weighted by Crippen LogP contribution is -2.38. The zero-order valence-electron chi connectivity index (χ0n) is 12.7. The summed E-state index contributed by atoms with van der Waals surface area (Å²) in [5, 5.41) is 4.40. The van der Waals surface area contributed by atoms with Gasteiger partial charge in [0.25, 0.3) is 0 Å². The molecule has 2 rings (SSSR count). The van der Waals surface area contributed by atoms with Gasteiger partial charge in [-0.2, -0.15) is 0 Å². The molecule has 2 atom stereocenters. The molecule has 1 aromatic carbocycles. The Balaban J connectivity index is 2.00. The zero-order chi connectivity index (χ0) is 14.2. The molecule has 1 aliphatic rings. The van der Waals surface area contributed by atoms with E-state index >= 15 is 0 Å². The number of benzene rings is 1. The van der Waals surface area contributed by atoms with Gasteiger partial charge in [-0.05, 0) is 43.7 Å². The minimum absolute atomic E-state index is 0.660. The Bertz CT molecular complexity index is 379. The van der Waals surface area contributed by atoms with Gasteiger partial charge in [-0.3, -0.25) is 0 Å². The Kier molecular flexibility index (Phi) is 6.74. The second kappa shape index (κ2) is 8.58. The number of ether oxygens (including phenoxy) is 1. The van der Waals surface area contributed by atoms with Gasteiger partial charge in [-0.25, -0.2) is 0 Å². The Labute approximate surface area is 127 Å². The smallest absolute Gasteiger partial charge is 0.118 e. The predicted molar refractivity (Wildman–Crippen MR) is 87.8 cm³/mol. The maximum absolute atomic E-state index is 5.23. The molecule has 3 heteroatoms. The van der Waals surface area contributed by atoms with Crippen LogP contribution in [0.1, 0.15) is 45.4 Å². The van der Waals surface area contributed by atoms with E-state index in [1.165, 1.54) is 43.4 Å². The molecule has 20 heavy (non-hydrogen) atoms. The first-order chi connectivity index (χ1) is 9.83. The van der Waals surface area contributed by atoms with Crippen molar-refractivity contribution in [1.82, 2.24) is 5.32 Å². The van der Waals surface area contributed by atoms with Crippen LogP contribution in [0, 0.1) is 0 Å². The van der Waals surface area contributed by atoms with Crippen LogP contribution < -0.4 is 10.1 Å². The quantitative estimate of drug-likeness (QED) is 0.864. The maximum Gasteiger partial charge on any atom is 0.118 e. The predicted octanol–water partition coefficient (Wildman–Crippen LogP) is 4.49. The molecule has 0 bridgehead atoms. The molecule has 1 saturated carbocycles. The second-order valence-corrected chi connectivity index (χ2v) is 6.80. The van der Waals surface area contributed by atoms with Gasteiger partial charge in [0, 0.05) is 16.2 Å². The van der Waals surface area contributed by atoms with Gasteiger partial charge in [-0.15, -0.1) is 11.8 Å². The number of methoxy groups -OCH3 is 1. The van der Waals surface area contributed by atoms with E-state index in [-0.39, 0.29) is 0 Å². The minimum Gasteiger partial charge on any atom is -0.497 e. The first kappa shape index (κ1) is 15.7. The van der Waals surface area contributed by atoms with Crippen LogP contribution in [-0.4, -0.2) is 24.9 Å². The minimum atomic E-state index is 0.660. The SMILES string of the molecule is CCNC1CCCCCCC1Sc1ccc(OC)cc1. The van der Waals surface area contributed by atoms with Crippen molar-refractivity contribution in [2.75, 3.05) is 13.7 Å². The summed E-state index contributed by atoms with van der Waals surface area (Å²) in [6, 6.07) is 9.16. The van der Waals surface area contributed by atoms with Crippen molar-refractivity contribution in [3.8, 4) is 5.75 Å². The Morgan fingerprint density at radius 3 is 2.45 bits per heavy atom. The van der Waals surface area contributed by atoms with Crippen molar-refractivity contribution in [3.05, 3.63) is 24.3 Å². The number of hydrogen-bond acceptors (Lipinski definition) is 3. The van der Waals surface area contributed by atoms with Crippen LogP contribution >= 0.6 is 11.8 Å². The van der Waals surface area contributed by atoms with E-state index in [1.54, 1.807) is 7.11 Å². The average Bonchev–Trinajstić information content (AvgIpc) is 2.46. The fraction of sp³-hybridized carbons (Fsp3) is 0.647. The molecule has 0 spiro atoms. The third-order valence-corrected chi connectivity index (χ3v) is 5.43. The summed E-state index contributed by atoms with van der Waals surface area (Å²) in [5.74, 6) is 0.940. The molecule has 0 aliphatic heterocycles. The number of nitrogens with one attached hydrogen (secondary N) is 1. The molecule has 0 amide bonds. The molecule has 112 valence electrons. The van der Waals surface area contributed by atoms with E-state index in [0.29, 0.717) is 11.3 Å². The molecule has 1 fully saturated rings. The monoisotopic (exact) mass is 293 g/mol. The van der Waals surface area contributed by atoms with Crippen molar-refractivity contribution in [2.45, 2.75) is 61.6 Å². The molecule has 2 nitrogen and oxygen atoms in total. The van der Waals surface area contributed by atoms with Gasteiger partial charge in [-0.1, -0.05) is 32.6 Å². The summed E-state index contributed by atoms with van der Waals surface area (Å²) in [5.41, 5.74) is 0. The van der Waals surface area contributed by atoms with Crippen molar-refractivity contribution in [3.63, 3.8) is 0 Å². The first-order valence-electron chi connectivity index (χ1n) is 7.87. The van der Waals surface area contributed by atoms with Gasteiger partial charge >= 0.3 is 0 Å². The Morgan fingerprint density at radius 2 is 1.80 bits per heavy atom. The van der Waals surface area contributed by atoms with E-state index < -0.39 is 0 Å². The van der Waals surface area contributed by atoms with Crippen molar-refractivity contribution in [1.29, 1.82) is 0 Å². The molecule has 0 radical (unpaired) electrons. The molecule has 0 saturated heterocycles. The van der Waals surface area contributed by atoms with Gasteiger partial charge in [0.05, 0.1) is 7.11 Å². The number of hydrogen-bond donors (Lipinski definition) is 1. The van der Waals surface area contributed by atoms with Gasteiger partial charge < -0.3 is 10.1 Å². The van der Waals surface area contributed by atoms with E-state index in [9.17, 15) is 0 Å². The van der Waals surface area contributed by atoms with Gasteiger partial charge in [0.2, 0.25) is 0 Å². The highest BCUT2D eigenvalue weighted by Crippen LogP contribution is 2.33. The van der Waals surface area contributed by atoms with Crippen molar-refractivity contribution >= 4 is 11.8 Å². The molecular formula is C17H27NOS. The van der Waals surface area contributed by atoms with E-state index in [4.69, 9.17) is 4.74 Å². The van der Waals surface area contributed by atoms with Crippen LogP contribution in [0.5, 0.6) is 5.75 Å². The normalized spacial score (nSPS) is 23.9. The molecule has 1 aliphatic carbocycles. The fourth-order valence-corrected chi connectivity index (χ4v) is 4.24. The third kappa shape index (κ3) is 4.71. The summed E-state index contributed by atoms with van der Waals surface area (Å²) < 4.78 is 5.23. The van der Waals surface area contributed by atoms with Gasteiger partial charge in [0.1, 0.15) is 5.75 Å². The van der Waals surface area contributed by atoms with Crippen molar-refractivity contribution in [2.24, 2.45) is 0 Å². The lowest BCUT2D eigenvalue weighted by molar-refractivity contribution is 0.406. The van der Waals surface area contributed by atoms with Crippen molar-refractivity contribution < 1.29 is 4.74 Å². The first-order valence-corrected chi connectivity index (χ1v) is 8.75. The van der Waals surface area contributed by atoms with Crippen LogP contribution in [0.4, 0.5) is 0 Å². The topological polar surface area (TPSA) is 21.3 Å². The third-order valence-electron chi connectivity index (χ3n) is 4.02. The highest BCUT2D eigenvalue weighted by Gasteiger charge is 2.22. The highest BCUT2D eigenvalue weighted by molar-refractivity contribution is 8.00. The van der Waals surface area contributed by atoms with Crippen LogP contribution in [0.15, 0.2) is 29.2 Å². The second-order valence-electron chi connectivity index (χ2n) is 5.49. The fourth-order valence-electron chi connectivity index (χ4n) is 2.92. The average molecular weight is 293 g/mol. The summed E-state index contributed by atoms with van der Waals surface area (Å²) >= 11 is 2.04. The lowest BCUT2D eigenvalue weighted by atomic mass is 9.96. The Hall–Kier alpha value is -0.670. The molecule has 0 aromatic heterocycles. The summed E-state index contributed by atoms with van der Waals surface area (Å²) in [7, 11) is 1.72. The summed E-state index contributed by atoms with van der Waals surface area (Å²) in [6.07, 6.45) is 8.20. The molecular weight excluding hydrogens is 266 g/mol. The molecule has 1 aromatic rings. The summed E-state index contributed by atoms with van der Waals surface area (Å²) in [4.78, 5) is 1.36. The van der Waals surface area contributed by atoms with E-state index in [2.05, 4.69) is 36.5 Å².